The standard InChI is InChI=1S/C14H19FN2O2/c1-17(7-5-13-10-19-8-6-16-13)14(18)11-3-2-4-12(15)9-11/h2-4,9,13,16H,5-8,10H2,1H3. The van der Waals surface area contributed by atoms with Crippen molar-refractivity contribution in [2.75, 3.05) is 33.4 Å². The summed E-state index contributed by atoms with van der Waals surface area (Å²) in [5, 5.41) is 3.34. The zero-order valence-corrected chi connectivity index (χ0v) is 11.1. The van der Waals surface area contributed by atoms with Crippen molar-refractivity contribution in [2.45, 2.75) is 12.5 Å². The largest absolute Gasteiger partial charge is 0.379 e. The third kappa shape index (κ3) is 4.01. The number of halogens is 1. The Morgan fingerprint density at radius 3 is 3.11 bits per heavy atom. The van der Waals surface area contributed by atoms with Crippen molar-refractivity contribution in [3.63, 3.8) is 0 Å². The van der Waals surface area contributed by atoms with Crippen molar-refractivity contribution in [1.29, 1.82) is 0 Å². The average Bonchev–Trinajstić information content (AvgIpc) is 2.45. The number of rotatable bonds is 4. The van der Waals surface area contributed by atoms with E-state index in [1.807, 2.05) is 0 Å². The van der Waals surface area contributed by atoms with E-state index in [9.17, 15) is 9.18 Å². The Balaban J connectivity index is 1.85. The van der Waals surface area contributed by atoms with Crippen molar-refractivity contribution in [2.24, 2.45) is 0 Å². The van der Waals surface area contributed by atoms with Crippen LogP contribution in [0.2, 0.25) is 0 Å². The first-order chi connectivity index (χ1) is 9.16. The van der Waals surface area contributed by atoms with E-state index < -0.39 is 0 Å². The SMILES string of the molecule is CN(CCC1COCCN1)C(=O)c1cccc(F)c1. The van der Waals surface area contributed by atoms with Gasteiger partial charge >= 0.3 is 0 Å². The molecule has 5 heteroatoms. The Morgan fingerprint density at radius 2 is 2.42 bits per heavy atom. The molecule has 19 heavy (non-hydrogen) atoms. The Morgan fingerprint density at radius 1 is 1.58 bits per heavy atom. The fraction of sp³-hybridized carbons (Fsp3) is 0.500. The zero-order valence-electron chi connectivity index (χ0n) is 11.1. The minimum absolute atomic E-state index is 0.156. The first-order valence-corrected chi connectivity index (χ1v) is 6.49. The highest BCUT2D eigenvalue weighted by atomic mass is 19.1. The monoisotopic (exact) mass is 266 g/mol. The normalized spacial score (nSPS) is 19.2. The van der Waals surface area contributed by atoms with Gasteiger partial charge in [-0.1, -0.05) is 6.07 Å². The van der Waals surface area contributed by atoms with Gasteiger partial charge in [0.25, 0.3) is 5.91 Å². The molecular weight excluding hydrogens is 247 g/mol. The maximum atomic E-state index is 13.1. The lowest BCUT2D eigenvalue weighted by Gasteiger charge is -2.26. The fourth-order valence-electron chi connectivity index (χ4n) is 2.10. The van der Waals surface area contributed by atoms with Crippen molar-refractivity contribution in [3.8, 4) is 0 Å². The highest BCUT2D eigenvalue weighted by Crippen LogP contribution is 2.08. The fourth-order valence-corrected chi connectivity index (χ4v) is 2.10. The van der Waals surface area contributed by atoms with Gasteiger partial charge in [-0.3, -0.25) is 4.79 Å². The van der Waals surface area contributed by atoms with E-state index in [0.717, 1.165) is 19.6 Å². The third-order valence-electron chi connectivity index (χ3n) is 3.23. The summed E-state index contributed by atoms with van der Waals surface area (Å²) in [5.41, 5.74) is 0.385. The van der Waals surface area contributed by atoms with Gasteiger partial charge in [0.15, 0.2) is 0 Å². The summed E-state index contributed by atoms with van der Waals surface area (Å²) in [6.07, 6.45) is 0.831. The molecule has 4 nitrogen and oxygen atoms in total. The second-order valence-corrected chi connectivity index (χ2v) is 4.75. The summed E-state index contributed by atoms with van der Waals surface area (Å²) in [5.74, 6) is -0.544. The van der Waals surface area contributed by atoms with Crippen LogP contribution in [0, 0.1) is 5.82 Å². The summed E-state index contributed by atoms with van der Waals surface area (Å²) >= 11 is 0. The van der Waals surface area contributed by atoms with Gasteiger partial charge in [0.05, 0.1) is 13.2 Å². The molecule has 1 unspecified atom stereocenters. The molecule has 0 spiro atoms. The van der Waals surface area contributed by atoms with E-state index >= 15 is 0 Å². The molecule has 1 aliphatic rings. The van der Waals surface area contributed by atoms with Gasteiger partial charge in [-0.05, 0) is 24.6 Å². The molecule has 1 fully saturated rings. The van der Waals surface area contributed by atoms with Crippen LogP contribution in [0.15, 0.2) is 24.3 Å². The highest BCUT2D eigenvalue weighted by Gasteiger charge is 2.16. The zero-order chi connectivity index (χ0) is 13.7. The highest BCUT2D eigenvalue weighted by molar-refractivity contribution is 5.94. The number of hydrogen-bond acceptors (Lipinski definition) is 3. The molecule has 0 aromatic heterocycles. The van der Waals surface area contributed by atoms with E-state index in [1.165, 1.54) is 12.1 Å². The van der Waals surface area contributed by atoms with Crippen molar-refractivity contribution in [3.05, 3.63) is 35.6 Å². The first-order valence-electron chi connectivity index (χ1n) is 6.49. The summed E-state index contributed by atoms with van der Waals surface area (Å²) in [7, 11) is 1.73. The van der Waals surface area contributed by atoms with Crippen molar-refractivity contribution < 1.29 is 13.9 Å². The minimum Gasteiger partial charge on any atom is -0.379 e. The molecule has 104 valence electrons. The number of nitrogens with one attached hydrogen (secondary N) is 1. The third-order valence-corrected chi connectivity index (χ3v) is 3.23. The number of benzene rings is 1. The smallest absolute Gasteiger partial charge is 0.253 e. The molecule has 0 aliphatic carbocycles. The molecule has 1 amide bonds. The van der Waals surface area contributed by atoms with Crippen LogP contribution in [0.4, 0.5) is 4.39 Å². The number of morpholine rings is 1. The van der Waals surface area contributed by atoms with Crippen LogP contribution in [0.5, 0.6) is 0 Å². The van der Waals surface area contributed by atoms with Gasteiger partial charge in [0.1, 0.15) is 5.82 Å². The summed E-state index contributed by atoms with van der Waals surface area (Å²) in [6, 6.07) is 6.06. The van der Waals surface area contributed by atoms with Gasteiger partial charge in [-0.2, -0.15) is 0 Å². The Bertz CT molecular complexity index is 433. The van der Waals surface area contributed by atoms with E-state index in [4.69, 9.17) is 4.74 Å². The molecule has 0 radical (unpaired) electrons. The Kier molecular flexibility index (Phi) is 4.87. The van der Waals surface area contributed by atoms with Gasteiger partial charge in [-0.25, -0.2) is 4.39 Å². The molecule has 0 saturated carbocycles. The first kappa shape index (κ1) is 14.0. The predicted molar refractivity (Wildman–Crippen MR) is 70.6 cm³/mol. The minimum atomic E-state index is -0.387. The predicted octanol–water partition coefficient (Wildman–Crippen LogP) is 1.28. The van der Waals surface area contributed by atoms with E-state index in [0.29, 0.717) is 18.7 Å². The lowest BCUT2D eigenvalue weighted by Crippen LogP contribution is -2.43. The number of hydrogen-bond donors (Lipinski definition) is 1. The average molecular weight is 266 g/mol. The van der Waals surface area contributed by atoms with Gasteiger partial charge < -0.3 is 15.0 Å². The number of carbonyl (C=O) groups is 1. The van der Waals surface area contributed by atoms with E-state index in [1.54, 1.807) is 24.1 Å². The second-order valence-electron chi connectivity index (χ2n) is 4.75. The maximum absolute atomic E-state index is 13.1. The summed E-state index contributed by atoms with van der Waals surface area (Å²) in [4.78, 5) is 13.7. The van der Waals surface area contributed by atoms with E-state index in [-0.39, 0.29) is 17.8 Å². The number of nitrogens with zero attached hydrogens (tertiary/aromatic N) is 1. The number of carbonyl (C=O) groups excluding carboxylic acids is 1. The lowest BCUT2D eigenvalue weighted by molar-refractivity contribution is 0.0653. The van der Waals surface area contributed by atoms with Crippen LogP contribution in [-0.4, -0.2) is 50.2 Å². The Hall–Kier alpha value is -1.46. The van der Waals surface area contributed by atoms with Crippen molar-refractivity contribution >= 4 is 5.91 Å². The van der Waals surface area contributed by atoms with Crippen LogP contribution in [-0.2, 0) is 4.74 Å². The number of amides is 1. The van der Waals surface area contributed by atoms with Crippen LogP contribution in [0.1, 0.15) is 16.8 Å². The van der Waals surface area contributed by atoms with Crippen LogP contribution < -0.4 is 5.32 Å². The lowest BCUT2D eigenvalue weighted by atomic mass is 10.1. The van der Waals surface area contributed by atoms with Crippen LogP contribution >= 0.6 is 0 Å². The molecule has 1 aromatic rings. The molecule has 1 aromatic carbocycles. The van der Waals surface area contributed by atoms with Crippen LogP contribution in [0.25, 0.3) is 0 Å². The molecule has 1 heterocycles. The Labute approximate surface area is 112 Å². The van der Waals surface area contributed by atoms with Gasteiger partial charge in [0.2, 0.25) is 0 Å². The number of ether oxygens (including phenoxy) is 1. The molecule has 2 rings (SSSR count). The molecule has 1 N–H and O–H groups in total. The topological polar surface area (TPSA) is 41.6 Å². The van der Waals surface area contributed by atoms with E-state index in [2.05, 4.69) is 5.32 Å². The van der Waals surface area contributed by atoms with Crippen molar-refractivity contribution in [1.82, 2.24) is 10.2 Å². The molecular formula is C14H19FN2O2. The maximum Gasteiger partial charge on any atom is 0.253 e. The van der Waals surface area contributed by atoms with Gasteiger partial charge in [0, 0.05) is 31.7 Å². The summed E-state index contributed by atoms with van der Waals surface area (Å²) in [6.45, 7) is 2.90. The quantitative estimate of drug-likeness (QED) is 0.892. The second kappa shape index (κ2) is 6.63. The molecule has 0 bridgehead atoms. The molecule has 1 aliphatic heterocycles. The summed E-state index contributed by atoms with van der Waals surface area (Å²) < 4.78 is 18.4. The van der Waals surface area contributed by atoms with Gasteiger partial charge in [-0.15, -0.1) is 0 Å². The van der Waals surface area contributed by atoms with Crippen LogP contribution in [0.3, 0.4) is 0 Å². The molecule has 1 saturated heterocycles. The molecule has 1 atom stereocenters.